The molecule has 0 amide bonds. The third-order valence-corrected chi connectivity index (χ3v) is 2.08. The maximum Gasteiger partial charge on any atom is 0.411 e. The maximum atomic E-state index is 11.9. The topological polar surface area (TPSA) is 68.4 Å². The minimum absolute atomic E-state index is 0.0207. The molecule has 5 nitrogen and oxygen atoms in total. The lowest BCUT2D eigenvalue weighted by atomic mass is 10.2. The van der Waals surface area contributed by atoms with Crippen molar-refractivity contribution in [2.45, 2.75) is 12.8 Å². The number of phenols is 1. The van der Waals surface area contributed by atoms with Gasteiger partial charge in [0.25, 0.3) is 5.89 Å². The number of rotatable bonds is 4. The molecule has 1 heterocycles. The Morgan fingerprint density at radius 2 is 1.89 bits per heavy atom. The monoisotopic (exact) mass is 274 g/mol. The number of hydrogen-bond acceptors (Lipinski definition) is 5. The van der Waals surface area contributed by atoms with Gasteiger partial charge in [-0.25, -0.2) is 0 Å². The molecule has 0 saturated heterocycles. The first-order valence-electron chi connectivity index (χ1n) is 5.20. The summed E-state index contributed by atoms with van der Waals surface area (Å²) in [5.74, 6) is 0.245. The summed E-state index contributed by atoms with van der Waals surface area (Å²) in [6.07, 6.45) is -4.39. The van der Waals surface area contributed by atoms with E-state index in [0.29, 0.717) is 5.56 Å². The van der Waals surface area contributed by atoms with Crippen molar-refractivity contribution in [2.75, 3.05) is 6.61 Å². The predicted molar refractivity (Wildman–Crippen MR) is 57.1 cm³/mol. The smallest absolute Gasteiger partial charge is 0.411 e. The predicted octanol–water partition coefficient (Wildman–Crippen LogP) is 2.52. The summed E-state index contributed by atoms with van der Waals surface area (Å²) in [6.45, 7) is -1.75. The molecule has 0 radical (unpaired) electrons. The lowest BCUT2D eigenvalue weighted by molar-refractivity contribution is -0.177. The van der Waals surface area contributed by atoms with Gasteiger partial charge in [-0.15, -0.1) is 0 Å². The summed E-state index contributed by atoms with van der Waals surface area (Å²) in [5, 5.41) is 12.6. The van der Waals surface area contributed by atoms with Crippen molar-refractivity contribution in [1.82, 2.24) is 10.1 Å². The highest BCUT2D eigenvalue weighted by Crippen LogP contribution is 2.20. The number of benzene rings is 1. The Balaban J connectivity index is 1.97. The highest BCUT2D eigenvalue weighted by atomic mass is 19.4. The van der Waals surface area contributed by atoms with Gasteiger partial charge in [0, 0.05) is 5.56 Å². The molecule has 0 atom stereocenters. The lowest BCUT2D eigenvalue weighted by Crippen LogP contribution is -2.16. The summed E-state index contributed by atoms with van der Waals surface area (Å²) in [5.41, 5.74) is 0.548. The maximum absolute atomic E-state index is 11.9. The molecule has 0 aliphatic rings. The number of ether oxygens (including phenoxy) is 1. The highest BCUT2D eigenvalue weighted by Gasteiger charge is 2.27. The number of halogens is 3. The van der Waals surface area contributed by atoms with Crippen molar-refractivity contribution in [3.05, 3.63) is 30.1 Å². The van der Waals surface area contributed by atoms with Crippen molar-refractivity contribution in [2.24, 2.45) is 0 Å². The van der Waals surface area contributed by atoms with Crippen molar-refractivity contribution < 1.29 is 27.5 Å². The number of aromatic hydroxyl groups is 1. The van der Waals surface area contributed by atoms with Gasteiger partial charge in [0.05, 0.1) is 0 Å². The molecule has 19 heavy (non-hydrogen) atoms. The quantitative estimate of drug-likeness (QED) is 0.927. The fraction of sp³-hybridized carbons (Fsp3) is 0.273. The van der Waals surface area contributed by atoms with Gasteiger partial charge < -0.3 is 14.4 Å². The van der Waals surface area contributed by atoms with Crippen molar-refractivity contribution >= 4 is 0 Å². The summed E-state index contributed by atoms with van der Waals surface area (Å²) < 4.78 is 44.8. The average Bonchev–Trinajstić information content (AvgIpc) is 2.77. The number of phenolic OH excluding ortho intramolecular Hbond substituents is 1. The van der Waals surface area contributed by atoms with Crippen LogP contribution < -0.4 is 0 Å². The minimum Gasteiger partial charge on any atom is -0.508 e. The van der Waals surface area contributed by atoms with Crippen LogP contribution >= 0.6 is 0 Å². The summed E-state index contributed by atoms with van der Waals surface area (Å²) >= 11 is 0. The molecule has 1 aromatic heterocycles. The van der Waals surface area contributed by atoms with E-state index in [-0.39, 0.29) is 24.1 Å². The van der Waals surface area contributed by atoms with Crippen molar-refractivity contribution in [3.8, 4) is 17.2 Å². The first-order chi connectivity index (χ1) is 8.94. The van der Waals surface area contributed by atoms with E-state index in [2.05, 4.69) is 14.9 Å². The lowest BCUT2D eigenvalue weighted by Gasteiger charge is -2.04. The zero-order chi connectivity index (χ0) is 13.9. The van der Waals surface area contributed by atoms with E-state index in [0.717, 1.165) is 0 Å². The SMILES string of the molecule is Oc1ccc(-c2nc(COCC(F)(F)F)no2)cc1. The largest absolute Gasteiger partial charge is 0.508 e. The molecule has 8 heteroatoms. The molecule has 102 valence electrons. The van der Waals surface area contributed by atoms with Crippen molar-refractivity contribution in [1.29, 1.82) is 0 Å². The van der Waals surface area contributed by atoms with E-state index in [9.17, 15) is 13.2 Å². The van der Waals surface area contributed by atoms with Gasteiger partial charge in [0.2, 0.25) is 0 Å². The van der Waals surface area contributed by atoms with Gasteiger partial charge in [-0.2, -0.15) is 18.2 Å². The van der Waals surface area contributed by atoms with Gasteiger partial charge in [-0.1, -0.05) is 5.16 Å². The second-order valence-electron chi connectivity index (χ2n) is 3.67. The Bertz CT molecular complexity index is 537. The second kappa shape index (κ2) is 5.27. The van der Waals surface area contributed by atoms with Crippen LogP contribution in [-0.2, 0) is 11.3 Å². The summed E-state index contributed by atoms with van der Waals surface area (Å²) in [4.78, 5) is 3.88. The fourth-order valence-corrected chi connectivity index (χ4v) is 1.29. The molecule has 0 spiro atoms. The van der Waals surface area contributed by atoms with Gasteiger partial charge in [-0.3, -0.25) is 0 Å². The van der Waals surface area contributed by atoms with Crippen LogP contribution in [0.1, 0.15) is 5.82 Å². The van der Waals surface area contributed by atoms with E-state index in [4.69, 9.17) is 9.63 Å². The fourth-order valence-electron chi connectivity index (χ4n) is 1.29. The first kappa shape index (κ1) is 13.3. The Morgan fingerprint density at radius 1 is 1.21 bits per heavy atom. The van der Waals surface area contributed by atoms with Crippen LogP contribution in [-0.4, -0.2) is 28.0 Å². The van der Waals surface area contributed by atoms with E-state index < -0.39 is 12.8 Å². The molecule has 2 rings (SSSR count). The van der Waals surface area contributed by atoms with Crippen molar-refractivity contribution in [3.63, 3.8) is 0 Å². The third kappa shape index (κ3) is 3.95. The number of alkyl halides is 3. The van der Waals surface area contributed by atoms with Crippen LogP contribution in [0, 0.1) is 0 Å². The first-order valence-corrected chi connectivity index (χ1v) is 5.20. The summed E-state index contributed by atoms with van der Waals surface area (Å²) in [6, 6.07) is 5.95. The van der Waals surface area contributed by atoms with Crippen LogP contribution in [0.4, 0.5) is 13.2 Å². The van der Waals surface area contributed by atoms with Crippen LogP contribution in [0.3, 0.4) is 0 Å². The van der Waals surface area contributed by atoms with Crippen LogP contribution in [0.5, 0.6) is 5.75 Å². The van der Waals surface area contributed by atoms with E-state index in [1.165, 1.54) is 12.1 Å². The second-order valence-corrected chi connectivity index (χ2v) is 3.67. The molecule has 0 fully saturated rings. The molecule has 2 aromatic rings. The van der Waals surface area contributed by atoms with Gasteiger partial charge in [0.1, 0.15) is 19.0 Å². The molecule has 0 aliphatic heterocycles. The van der Waals surface area contributed by atoms with Gasteiger partial charge in [0.15, 0.2) is 5.82 Å². The van der Waals surface area contributed by atoms with E-state index in [1.54, 1.807) is 12.1 Å². The summed E-state index contributed by atoms with van der Waals surface area (Å²) in [7, 11) is 0. The molecule has 0 saturated carbocycles. The van der Waals surface area contributed by atoms with E-state index in [1.807, 2.05) is 0 Å². The molecule has 1 N–H and O–H groups in total. The zero-order valence-corrected chi connectivity index (χ0v) is 9.52. The molecule has 0 unspecified atom stereocenters. The van der Waals surface area contributed by atoms with Crippen LogP contribution in [0.15, 0.2) is 28.8 Å². The standard InChI is InChI=1S/C11H9F3N2O3/c12-11(13,14)6-18-5-9-15-10(19-16-9)7-1-3-8(17)4-2-7/h1-4,17H,5-6H2. The number of aromatic nitrogens is 2. The van der Waals surface area contributed by atoms with E-state index >= 15 is 0 Å². The zero-order valence-electron chi connectivity index (χ0n) is 9.52. The normalized spacial score (nSPS) is 11.7. The third-order valence-electron chi connectivity index (χ3n) is 2.08. The number of hydrogen-bond donors (Lipinski definition) is 1. The minimum atomic E-state index is -4.39. The molecular weight excluding hydrogens is 265 g/mol. The molecule has 0 aliphatic carbocycles. The Morgan fingerprint density at radius 3 is 2.53 bits per heavy atom. The molecule has 1 aromatic carbocycles. The Kier molecular flexibility index (Phi) is 3.70. The highest BCUT2D eigenvalue weighted by molar-refractivity contribution is 5.53. The van der Waals surface area contributed by atoms with Gasteiger partial charge >= 0.3 is 6.18 Å². The average molecular weight is 274 g/mol. The Hall–Kier alpha value is -2.09. The Labute approximate surface area is 105 Å². The van der Waals surface area contributed by atoms with Crippen LogP contribution in [0.25, 0.3) is 11.5 Å². The molecule has 0 bridgehead atoms. The van der Waals surface area contributed by atoms with Gasteiger partial charge in [-0.05, 0) is 24.3 Å². The molecular formula is C11H9F3N2O3. The van der Waals surface area contributed by atoms with Crippen LogP contribution in [0.2, 0.25) is 0 Å². The number of nitrogens with zero attached hydrogens (tertiary/aromatic N) is 2.